The van der Waals surface area contributed by atoms with E-state index in [-0.39, 0.29) is 30.2 Å². The molecule has 0 aliphatic heterocycles. The second kappa shape index (κ2) is 12.3. The third kappa shape index (κ3) is 6.85. The monoisotopic (exact) mass is 569 g/mol. The van der Waals surface area contributed by atoms with E-state index < -0.39 is 16.9 Å². The molecule has 0 spiro atoms. The Kier molecular flexibility index (Phi) is 8.78. The van der Waals surface area contributed by atoms with Gasteiger partial charge in [-0.3, -0.25) is 13.9 Å². The van der Waals surface area contributed by atoms with Gasteiger partial charge in [-0.2, -0.15) is 5.26 Å². The number of imidazole rings is 1. The first kappa shape index (κ1) is 30.0. The van der Waals surface area contributed by atoms with Gasteiger partial charge in [0.2, 0.25) is 0 Å². The molecule has 0 atom stereocenters. The summed E-state index contributed by atoms with van der Waals surface area (Å²) in [6.45, 7) is 10.1. The topological polar surface area (TPSA) is 150 Å². The van der Waals surface area contributed by atoms with Gasteiger partial charge in [-0.15, -0.1) is 0 Å². The highest BCUT2D eigenvalue weighted by Crippen LogP contribution is 2.26. The lowest BCUT2D eigenvalue weighted by atomic mass is 9.93. The predicted octanol–water partition coefficient (Wildman–Crippen LogP) is 4.36. The van der Waals surface area contributed by atoms with Crippen LogP contribution in [0, 0.1) is 16.7 Å². The van der Waals surface area contributed by atoms with Crippen molar-refractivity contribution in [2.75, 3.05) is 18.9 Å². The van der Waals surface area contributed by atoms with Crippen molar-refractivity contribution >= 4 is 22.9 Å². The van der Waals surface area contributed by atoms with Crippen molar-refractivity contribution in [2.45, 2.75) is 46.8 Å². The number of fused-ring (bicyclic) bond motifs is 1. The average Bonchev–Trinajstić information content (AvgIpc) is 3.23. The lowest BCUT2D eigenvalue weighted by Gasteiger charge is -2.25. The number of nitrogens with zero attached hydrogens (tertiary/aromatic N) is 5. The molecular formula is C31H35N7O4. The SMILES string of the molecule is CCOC(C)(C)C=C(C#N)C(=O)NCC(C)(C)Cn1c(=O)n(-c2ccc(Oc3ccccc3)cc2)c2c(N)ncnc21. The summed E-state index contributed by atoms with van der Waals surface area (Å²) in [5, 5.41) is 12.4. The molecular weight excluding hydrogens is 534 g/mol. The number of aromatic nitrogens is 4. The fourth-order valence-corrected chi connectivity index (χ4v) is 4.58. The second-order valence-corrected chi connectivity index (χ2v) is 11.1. The summed E-state index contributed by atoms with van der Waals surface area (Å²) in [6, 6.07) is 18.4. The van der Waals surface area contributed by atoms with Gasteiger partial charge in [-0.05, 0) is 63.2 Å². The molecule has 0 bridgehead atoms. The molecule has 0 radical (unpaired) electrons. The Hall–Kier alpha value is -4.95. The first-order valence-corrected chi connectivity index (χ1v) is 13.5. The van der Waals surface area contributed by atoms with Gasteiger partial charge in [0.1, 0.15) is 35.0 Å². The van der Waals surface area contributed by atoms with Crippen molar-refractivity contribution in [2.24, 2.45) is 5.41 Å². The van der Waals surface area contributed by atoms with Crippen molar-refractivity contribution in [3.8, 4) is 23.3 Å². The summed E-state index contributed by atoms with van der Waals surface area (Å²) < 4.78 is 14.5. The number of ether oxygens (including phenoxy) is 2. The van der Waals surface area contributed by atoms with Crippen LogP contribution < -0.4 is 21.5 Å². The van der Waals surface area contributed by atoms with Gasteiger partial charge < -0.3 is 20.5 Å². The van der Waals surface area contributed by atoms with E-state index >= 15 is 0 Å². The maximum Gasteiger partial charge on any atom is 0.335 e. The van der Waals surface area contributed by atoms with Gasteiger partial charge in [0, 0.05) is 25.1 Å². The molecule has 42 heavy (non-hydrogen) atoms. The number of nitrogens with one attached hydrogen (secondary N) is 1. The van der Waals surface area contributed by atoms with Crippen molar-refractivity contribution in [1.82, 2.24) is 24.4 Å². The molecule has 0 saturated heterocycles. The van der Waals surface area contributed by atoms with E-state index in [9.17, 15) is 14.9 Å². The molecule has 4 aromatic rings. The van der Waals surface area contributed by atoms with Gasteiger partial charge in [0.15, 0.2) is 11.5 Å². The lowest BCUT2D eigenvalue weighted by molar-refractivity contribution is -0.117. The van der Waals surface area contributed by atoms with Crippen LogP contribution in [0.5, 0.6) is 11.5 Å². The number of anilines is 1. The Morgan fingerprint density at radius 3 is 2.38 bits per heavy atom. The van der Waals surface area contributed by atoms with Crippen LogP contribution >= 0.6 is 0 Å². The van der Waals surface area contributed by atoms with Crippen molar-refractivity contribution < 1.29 is 14.3 Å². The minimum absolute atomic E-state index is 0.0433. The number of benzene rings is 2. The van der Waals surface area contributed by atoms with E-state index in [4.69, 9.17) is 15.2 Å². The quantitative estimate of drug-likeness (QED) is 0.200. The fraction of sp³-hybridized carbons (Fsp3) is 0.323. The summed E-state index contributed by atoms with van der Waals surface area (Å²) in [5.74, 6) is 0.949. The molecule has 0 aliphatic rings. The molecule has 0 unspecified atom stereocenters. The van der Waals surface area contributed by atoms with Gasteiger partial charge in [0.05, 0.1) is 11.3 Å². The first-order chi connectivity index (χ1) is 19.9. The maximum atomic E-state index is 13.8. The largest absolute Gasteiger partial charge is 0.457 e. The second-order valence-electron chi connectivity index (χ2n) is 11.1. The molecule has 0 fully saturated rings. The maximum absolute atomic E-state index is 13.8. The minimum Gasteiger partial charge on any atom is -0.457 e. The van der Waals surface area contributed by atoms with Crippen LogP contribution in [-0.2, 0) is 16.1 Å². The Balaban J connectivity index is 1.60. The number of nitrogen functional groups attached to an aromatic ring is 1. The summed E-state index contributed by atoms with van der Waals surface area (Å²) in [5.41, 5.74) is 5.77. The number of rotatable bonds is 11. The van der Waals surface area contributed by atoms with Gasteiger partial charge in [-0.25, -0.2) is 14.8 Å². The number of hydrogen-bond acceptors (Lipinski definition) is 8. The van der Waals surface area contributed by atoms with Gasteiger partial charge >= 0.3 is 5.69 Å². The number of nitrogens with two attached hydrogens (primary N) is 1. The van der Waals surface area contributed by atoms with Crippen molar-refractivity contribution in [3.63, 3.8) is 0 Å². The van der Waals surface area contributed by atoms with E-state index in [0.717, 1.165) is 0 Å². The molecule has 11 heteroatoms. The van der Waals surface area contributed by atoms with Gasteiger partial charge in [-0.1, -0.05) is 32.0 Å². The van der Waals surface area contributed by atoms with E-state index in [1.54, 1.807) is 38.1 Å². The molecule has 4 rings (SSSR count). The van der Waals surface area contributed by atoms with E-state index in [0.29, 0.717) is 35.0 Å². The Morgan fingerprint density at radius 2 is 1.74 bits per heavy atom. The number of nitriles is 1. The van der Waals surface area contributed by atoms with Crippen LogP contribution in [0.15, 0.2) is 77.4 Å². The number of carbonyl (C=O) groups is 1. The lowest BCUT2D eigenvalue weighted by Crippen LogP contribution is -2.39. The highest BCUT2D eigenvalue weighted by atomic mass is 16.5. The normalized spacial score (nSPS) is 12.2. The standard InChI is InChI=1S/C31H35N7O4/c1-6-41-31(4,5)16-21(17-32)28(39)34-18-30(2,3)19-37-27-25(26(33)35-20-36-27)38(29(37)40)22-12-14-24(15-13-22)42-23-10-8-7-9-11-23/h7-16,20H,6,18-19H2,1-5H3,(H,34,39)(H2,33,35,36). The summed E-state index contributed by atoms with van der Waals surface area (Å²) in [6.07, 6.45) is 2.82. The molecule has 1 amide bonds. The zero-order chi connectivity index (χ0) is 30.5. The fourth-order valence-electron chi connectivity index (χ4n) is 4.58. The van der Waals surface area contributed by atoms with Crippen LogP contribution in [0.2, 0.25) is 0 Å². The van der Waals surface area contributed by atoms with Gasteiger partial charge in [0.25, 0.3) is 5.91 Å². The Bertz CT molecular complexity index is 1700. The van der Waals surface area contributed by atoms with E-state index in [2.05, 4.69) is 15.3 Å². The molecule has 3 N–H and O–H groups in total. The minimum atomic E-state index is -0.771. The van der Waals surface area contributed by atoms with Crippen LogP contribution in [0.1, 0.15) is 34.6 Å². The Morgan fingerprint density at radius 1 is 1.07 bits per heavy atom. The zero-order valence-corrected chi connectivity index (χ0v) is 24.4. The van der Waals surface area contributed by atoms with Crippen LogP contribution in [0.25, 0.3) is 16.9 Å². The number of amides is 1. The van der Waals surface area contributed by atoms with Crippen molar-refractivity contribution in [3.05, 3.63) is 83.1 Å². The molecule has 2 aromatic carbocycles. The molecule has 2 heterocycles. The number of carbonyl (C=O) groups excluding carboxylic acids is 1. The smallest absolute Gasteiger partial charge is 0.335 e. The zero-order valence-electron chi connectivity index (χ0n) is 24.4. The molecule has 0 aliphatic carbocycles. The molecule has 218 valence electrons. The highest BCUT2D eigenvalue weighted by Gasteiger charge is 2.27. The molecule has 11 nitrogen and oxygen atoms in total. The first-order valence-electron chi connectivity index (χ1n) is 13.5. The Labute approximate surface area is 244 Å². The number of para-hydroxylation sites is 1. The third-order valence-corrected chi connectivity index (χ3v) is 6.49. The highest BCUT2D eigenvalue weighted by molar-refractivity contribution is 5.97. The van der Waals surface area contributed by atoms with Crippen LogP contribution in [0.4, 0.5) is 5.82 Å². The summed E-state index contributed by atoms with van der Waals surface area (Å²) in [7, 11) is 0. The molecule has 0 saturated carbocycles. The van der Waals surface area contributed by atoms with Crippen molar-refractivity contribution in [1.29, 1.82) is 5.26 Å². The predicted molar refractivity (Wildman–Crippen MR) is 160 cm³/mol. The number of hydrogen-bond donors (Lipinski definition) is 2. The van der Waals surface area contributed by atoms with E-state index in [1.807, 2.05) is 57.2 Å². The third-order valence-electron chi connectivity index (χ3n) is 6.49. The summed E-state index contributed by atoms with van der Waals surface area (Å²) in [4.78, 5) is 35.1. The van der Waals surface area contributed by atoms with E-state index in [1.165, 1.54) is 21.5 Å². The average molecular weight is 570 g/mol. The molecule has 2 aromatic heterocycles. The summed E-state index contributed by atoms with van der Waals surface area (Å²) >= 11 is 0. The van der Waals surface area contributed by atoms with Crippen LogP contribution in [-0.4, -0.2) is 43.8 Å². The van der Waals surface area contributed by atoms with Crippen LogP contribution in [0.3, 0.4) is 0 Å².